The maximum Gasteiger partial charge on any atom is 0.274 e. The number of amides is 2. The number of rotatable bonds is 7. The van der Waals surface area contributed by atoms with Crippen molar-refractivity contribution in [2.75, 3.05) is 29.8 Å². The molecular formula is C30H27ClN4O5. The number of carbonyl (C=O) groups is 2. The number of alkyl halides is 1. The molecule has 4 aromatic rings. The summed E-state index contributed by atoms with van der Waals surface area (Å²) in [7, 11) is 1.57. The van der Waals surface area contributed by atoms with Gasteiger partial charge in [0.25, 0.3) is 11.8 Å². The summed E-state index contributed by atoms with van der Waals surface area (Å²) >= 11 is 6.36. The maximum atomic E-state index is 13.8. The highest BCUT2D eigenvalue weighted by Crippen LogP contribution is 2.48. The van der Waals surface area contributed by atoms with Crippen LogP contribution >= 0.6 is 11.6 Å². The summed E-state index contributed by atoms with van der Waals surface area (Å²) in [4.78, 5) is 35.4. The Kier molecular flexibility index (Phi) is 7.23. The first-order valence-corrected chi connectivity index (χ1v) is 13.0. The van der Waals surface area contributed by atoms with Crippen molar-refractivity contribution in [3.63, 3.8) is 0 Å². The van der Waals surface area contributed by atoms with Gasteiger partial charge in [-0.1, -0.05) is 24.8 Å². The van der Waals surface area contributed by atoms with Crippen molar-refractivity contribution in [2.45, 2.75) is 12.8 Å². The third-order valence-corrected chi connectivity index (χ3v) is 7.25. The number of hydrogen-bond donors (Lipinski definition) is 4. The Bertz CT molecular complexity index is 1740. The molecule has 0 saturated heterocycles. The number of aliphatic hydroxyl groups is 1. The third kappa shape index (κ3) is 4.76. The normalized spacial score (nSPS) is 15.1. The minimum absolute atomic E-state index is 0.0422. The van der Waals surface area contributed by atoms with Crippen LogP contribution in [0.25, 0.3) is 21.7 Å². The number of ether oxygens (including phenoxy) is 1. The van der Waals surface area contributed by atoms with Crippen molar-refractivity contribution in [3.8, 4) is 11.5 Å². The van der Waals surface area contributed by atoms with Gasteiger partial charge in [0.15, 0.2) is 0 Å². The molecule has 204 valence electrons. The van der Waals surface area contributed by atoms with Crippen LogP contribution in [0.3, 0.4) is 0 Å². The molecule has 2 amide bonds. The number of H-pyrrole nitrogens is 1. The number of halogens is 1. The summed E-state index contributed by atoms with van der Waals surface area (Å²) in [6, 6.07) is 10.4. The monoisotopic (exact) mass is 558 g/mol. The van der Waals surface area contributed by atoms with Gasteiger partial charge in [-0.2, -0.15) is 0 Å². The largest absolute Gasteiger partial charge is 0.509 e. The molecule has 40 heavy (non-hydrogen) atoms. The van der Waals surface area contributed by atoms with Gasteiger partial charge in [-0.25, -0.2) is 4.98 Å². The van der Waals surface area contributed by atoms with Crippen LogP contribution in [0.15, 0.2) is 78.7 Å². The molecule has 0 fully saturated rings. The second kappa shape index (κ2) is 10.8. The quantitative estimate of drug-likeness (QED) is 0.0964. The predicted octanol–water partition coefficient (Wildman–Crippen LogP) is 5.93. The van der Waals surface area contributed by atoms with Crippen LogP contribution in [0.4, 0.5) is 11.5 Å². The number of aromatic hydroxyl groups is 1. The highest BCUT2D eigenvalue weighted by atomic mass is 35.5. The van der Waals surface area contributed by atoms with Crippen molar-refractivity contribution in [1.82, 2.24) is 9.97 Å². The molecule has 0 radical (unpaired) electrons. The molecule has 9 nitrogen and oxygen atoms in total. The van der Waals surface area contributed by atoms with E-state index < -0.39 is 5.91 Å². The number of aromatic nitrogens is 2. The average Bonchev–Trinajstić information content (AvgIpc) is 3.53. The Balaban J connectivity index is 1.47. The van der Waals surface area contributed by atoms with Gasteiger partial charge in [-0.15, -0.1) is 11.6 Å². The van der Waals surface area contributed by atoms with Gasteiger partial charge in [-0.05, 0) is 42.8 Å². The summed E-state index contributed by atoms with van der Waals surface area (Å²) in [5, 5.41) is 24.8. The summed E-state index contributed by atoms with van der Waals surface area (Å²) < 4.78 is 5.58. The van der Waals surface area contributed by atoms with Gasteiger partial charge in [0.2, 0.25) is 0 Å². The van der Waals surface area contributed by atoms with E-state index in [0.717, 1.165) is 10.9 Å². The fraction of sp³-hybridized carbons (Fsp3) is 0.167. The zero-order valence-corrected chi connectivity index (χ0v) is 22.6. The zero-order chi connectivity index (χ0) is 28.6. The van der Waals surface area contributed by atoms with Gasteiger partial charge >= 0.3 is 0 Å². The fourth-order valence-corrected chi connectivity index (χ4v) is 5.26. The Morgan fingerprint density at radius 3 is 2.80 bits per heavy atom. The van der Waals surface area contributed by atoms with Crippen LogP contribution in [0.5, 0.6) is 11.5 Å². The molecular weight excluding hydrogens is 532 g/mol. The molecule has 0 saturated carbocycles. The fourth-order valence-electron chi connectivity index (χ4n) is 5.01. The lowest BCUT2D eigenvalue weighted by Gasteiger charge is -2.18. The topological polar surface area (TPSA) is 128 Å². The second-order valence-electron chi connectivity index (χ2n) is 9.34. The Morgan fingerprint density at radius 1 is 1.30 bits per heavy atom. The molecule has 0 spiro atoms. The van der Waals surface area contributed by atoms with Gasteiger partial charge in [-0.3, -0.25) is 9.59 Å². The molecule has 5 rings (SSSR count). The van der Waals surface area contributed by atoms with E-state index in [4.69, 9.17) is 16.3 Å². The molecule has 2 aromatic carbocycles. The number of allylic oxidation sites excluding steroid dienone is 2. The zero-order valence-electron chi connectivity index (χ0n) is 21.9. The Hall–Kier alpha value is -4.76. The number of aromatic amines is 1. The Labute approximate surface area is 235 Å². The van der Waals surface area contributed by atoms with E-state index in [0.29, 0.717) is 51.4 Å². The van der Waals surface area contributed by atoms with Crippen molar-refractivity contribution >= 4 is 56.6 Å². The predicted molar refractivity (Wildman–Crippen MR) is 157 cm³/mol. The van der Waals surface area contributed by atoms with Crippen LogP contribution in [0.1, 0.15) is 28.9 Å². The average molecular weight is 559 g/mol. The van der Waals surface area contributed by atoms with Gasteiger partial charge < -0.3 is 30.2 Å². The van der Waals surface area contributed by atoms with E-state index in [1.54, 1.807) is 49.3 Å². The van der Waals surface area contributed by atoms with Crippen LogP contribution < -0.4 is 15.0 Å². The van der Waals surface area contributed by atoms with E-state index in [2.05, 4.69) is 21.9 Å². The third-order valence-electron chi connectivity index (χ3n) is 6.88. The maximum absolute atomic E-state index is 13.8. The summed E-state index contributed by atoms with van der Waals surface area (Å²) in [5.41, 5.74) is 2.68. The smallest absolute Gasteiger partial charge is 0.274 e. The van der Waals surface area contributed by atoms with Crippen molar-refractivity contribution < 1.29 is 24.5 Å². The molecule has 3 heterocycles. The number of aliphatic hydroxyl groups excluding tert-OH is 1. The lowest BCUT2D eigenvalue weighted by Crippen LogP contribution is -2.30. The Morgan fingerprint density at radius 2 is 2.10 bits per heavy atom. The molecule has 0 aliphatic carbocycles. The summed E-state index contributed by atoms with van der Waals surface area (Å²) in [6.07, 6.45) is 5.90. The highest BCUT2D eigenvalue weighted by molar-refractivity contribution is 6.19. The molecule has 1 aliphatic heterocycles. The van der Waals surface area contributed by atoms with E-state index >= 15 is 0 Å². The van der Waals surface area contributed by atoms with Gasteiger partial charge in [0, 0.05) is 46.1 Å². The number of pyridine rings is 1. The lowest BCUT2D eigenvalue weighted by molar-refractivity contribution is -0.112. The van der Waals surface area contributed by atoms with E-state index in [1.807, 2.05) is 12.1 Å². The number of nitrogens with one attached hydrogen (secondary N) is 2. The SMILES string of the molecule is C=C(O)/C=C\C(=C/C)C(=O)Nc1cc2cc(C(=O)N3CC(CCl)c4c3cc(O)c3cccc(OC)c43)[nH]c2cn1. The number of phenolic OH excluding ortho intramolecular Hbond substituents is 1. The number of methoxy groups -OCH3 is 1. The van der Waals surface area contributed by atoms with Crippen LogP contribution in [-0.2, 0) is 4.79 Å². The lowest BCUT2D eigenvalue weighted by atomic mass is 9.94. The minimum Gasteiger partial charge on any atom is -0.509 e. The van der Waals surface area contributed by atoms with E-state index in [-0.39, 0.29) is 29.2 Å². The van der Waals surface area contributed by atoms with Crippen LogP contribution in [0.2, 0.25) is 0 Å². The number of carbonyl (C=O) groups excluding carboxylic acids is 2. The van der Waals surface area contributed by atoms with E-state index in [9.17, 15) is 19.8 Å². The number of nitrogens with zero attached hydrogens (tertiary/aromatic N) is 2. The molecule has 4 N–H and O–H groups in total. The van der Waals surface area contributed by atoms with E-state index in [1.165, 1.54) is 18.3 Å². The van der Waals surface area contributed by atoms with Crippen molar-refractivity contribution in [3.05, 3.63) is 90.0 Å². The van der Waals surface area contributed by atoms with Gasteiger partial charge in [0.05, 0.1) is 24.5 Å². The molecule has 2 aromatic heterocycles. The summed E-state index contributed by atoms with van der Waals surface area (Å²) in [6.45, 7) is 5.40. The number of fused-ring (bicyclic) bond motifs is 4. The van der Waals surface area contributed by atoms with Crippen molar-refractivity contribution in [1.29, 1.82) is 0 Å². The first kappa shape index (κ1) is 26.8. The minimum atomic E-state index is -0.415. The summed E-state index contributed by atoms with van der Waals surface area (Å²) in [5.74, 6) is 0.172. The second-order valence-corrected chi connectivity index (χ2v) is 9.65. The molecule has 10 heteroatoms. The standard InChI is InChI=1S/C30H27ClN4O5/c1-4-17(9-8-16(2)36)29(38)34-26-11-18-10-21(33-22(18)14-32-26)30(39)35-15-19(13-31)27-23(35)12-24(37)20-6-5-7-25(40-3)28(20)27/h4-12,14,19,33,36-37H,2,13,15H2,1,3H3,(H,32,34,38)/b9-8-,17-4+. The first-order chi connectivity index (χ1) is 19.2. The molecule has 1 unspecified atom stereocenters. The van der Waals surface area contributed by atoms with Crippen LogP contribution in [0, 0.1) is 0 Å². The highest BCUT2D eigenvalue weighted by Gasteiger charge is 2.36. The number of phenols is 1. The van der Waals surface area contributed by atoms with Gasteiger partial charge in [0.1, 0.15) is 28.8 Å². The number of anilines is 2. The molecule has 1 atom stereocenters. The first-order valence-electron chi connectivity index (χ1n) is 12.5. The number of hydrogen-bond acceptors (Lipinski definition) is 6. The molecule has 0 bridgehead atoms. The number of benzene rings is 2. The van der Waals surface area contributed by atoms with Crippen molar-refractivity contribution in [2.24, 2.45) is 0 Å². The van der Waals surface area contributed by atoms with Crippen LogP contribution in [-0.4, -0.2) is 51.5 Å². The molecule has 1 aliphatic rings.